The molecule has 2 nitrogen and oxygen atoms in total. The summed E-state index contributed by atoms with van der Waals surface area (Å²) in [5, 5.41) is 8.59. The fourth-order valence-corrected chi connectivity index (χ4v) is 0. The molecule has 0 amide bonds. The summed E-state index contributed by atoms with van der Waals surface area (Å²) in [7, 11) is 0. The summed E-state index contributed by atoms with van der Waals surface area (Å²) in [6.45, 7) is 16.4. The molecule has 0 heterocycles. The Labute approximate surface area is 144 Å². The first-order chi connectivity index (χ1) is 7.89. The van der Waals surface area contributed by atoms with Crippen molar-refractivity contribution in [1.82, 2.24) is 0 Å². The van der Waals surface area contributed by atoms with Crippen molar-refractivity contribution in [2.24, 2.45) is 0 Å². The van der Waals surface area contributed by atoms with Crippen LogP contribution in [-0.2, 0) is 0 Å². The van der Waals surface area contributed by atoms with E-state index in [0.717, 1.165) is 0 Å². The second kappa shape index (κ2) is 52.6. The van der Waals surface area contributed by atoms with Crippen molar-refractivity contribution in [3.05, 3.63) is 0 Å². The van der Waals surface area contributed by atoms with E-state index in [2.05, 4.69) is 30.1 Å². The van der Waals surface area contributed by atoms with Gasteiger partial charge in [0.05, 0.1) is 0 Å². The fourth-order valence-electron chi connectivity index (χ4n) is 0. The molecule has 0 aromatic heterocycles. The predicted molar refractivity (Wildman–Crippen MR) is 83.4 cm³/mol. The van der Waals surface area contributed by atoms with E-state index in [9.17, 15) is 0 Å². The van der Waals surface area contributed by atoms with Crippen LogP contribution in [0.1, 0.15) is 62.3 Å². The standard InChI is InChI=1S/C5H8O.C4H6.C3H4.2C2H6.Na.H2O/c1-4-5(2,3)6;1-3-4-2;1-3-2;2*1-2;;/h1,6H,2-3H3;1-2H3;1H,2H3;2*1-2H3;;1H2/q;;;;;+1;/p-1. The smallest absolute Gasteiger partial charge is 0.870 e. The van der Waals surface area contributed by atoms with Gasteiger partial charge < -0.3 is 10.6 Å². The van der Waals surface area contributed by atoms with Crippen molar-refractivity contribution in [3.8, 4) is 36.5 Å². The van der Waals surface area contributed by atoms with Gasteiger partial charge in [0.15, 0.2) is 0 Å². The Morgan fingerprint density at radius 1 is 0.842 bits per heavy atom. The minimum atomic E-state index is -0.931. The van der Waals surface area contributed by atoms with Gasteiger partial charge in [-0.3, -0.25) is 0 Å². The van der Waals surface area contributed by atoms with Crippen LogP contribution < -0.4 is 29.6 Å². The first kappa shape index (κ1) is 42.8. The van der Waals surface area contributed by atoms with Crippen LogP contribution in [0.4, 0.5) is 0 Å². The number of hydrogen-bond donors (Lipinski definition) is 1. The van der Waals surface area contributed by atoms with E-state index in [0.29, 0.717) is 0 Å². The van der Waals surface area contributed by atoms with E-state index in [4.69, 9.17) is 11.5 Å². The molecule has 0 saturated heterocycles. The zero-order valence-corrected chi connectivity index (χ0v) is 16.5. The largest absolute Gasteiger partial charge is 1.00 e. The van der Waals surface area contributed by atoms with Crippen LogP contribution in [0, 0.1) is 36.5 Å². The van der Waals surface area contributed by atoms with Gasteiger partial charge in [-0.05, 0) is 34.6 Å². The van der Waals surface area contributed by atoms with Gasteiger partial charge in [-0.15, -0.1) is 30.6 Å². The van der Waals surface area contributed by atoms with E-state index in [-0.39, 0.29) is 35.0 Å². The van der Waals surface area contributed by atoms with Crippen molar-refractivity contribution in [1.29, 1.82) is 0 Å². The molecule has 0 aliphatic carbocycles. The van der Waals surface area contributed by atoms with Crippen molar-refractivity contribution in [3.63, 3.8) is 0 Å². The number of terminal acetylenes is 2. The molecule has 2 N–H and O–H groups in total. The SMILES string of the molecule is C#CC.C#CC(C)(C)O.CC.CC.CC#CC.[Na+].[OH-]. The van der Waals surface area contributed by atoms with Crippen LogP contribution in [0.25, 0.3) is 0 Å². The first-order valence-corrected chi connectivity index (χ1v) is 5.80. The molecule has 0 fully saturated rings. The topological polar surface area (TPSA) is 50.2 Å². The monoisotopic (exact) mass is 278 g/mol. The summed E-state index contributed by atoms with van der Waals surface area (Å²) in [4.78, 5) is 0. The van der Waals surface area contributed by atoms with Crippen LogP contribution in [-0.4, -0.2) is 16.2 Å². The molecule has 0 spiro atoms. The third-order valence-corrected chi connectivity index (χ3v) is 0.603. The van der Waals surface area contributed by atoms with Crippen molar-refractivity contribution in [2.75, 3.05) is 0 Å². The molecule has 0 rings (SSSR count). The molecule has 0 saturated carbocycles. The molecule has 0 bridgehead atoms. The minimum Gasteiger partial charge on any atom is -0.870 e. The fraction of sp³-hybridized carbons (Fsp3) is 0.625. The van der Waals surface area contributed by atoms with Gasteiger partial charge in [-0.2, -0.15) is 0 Å². The average Bonchev–Trinajstić information content (AvgIpc) is 2.34. The summed E-state index contributed by atoms with van der Waals surface area (Å²) in [6, 6.07) is 0. The third-order valence-electron chi connectivity index (χ3n) is 0.603. The third kappa shape index (κ3) is 330. The number of rotatable bonds is 0. The first-order valence-electron chi connectivity index (χ1n) is 5.80. The molecule has 0 aromatic carbocycles. The Kier molecular flexibility index (Phi) is 119. The summed E-state index contributed by atoms with van der Waals surface area (Å²) in [6.07, 6.45) is 9.40. The van der Waals surface area contributed by atoms with Crippen LogP contribution in [0.5, 0.6) is 0 Å². The molecular weight excluding hydrogens is 247 g/mol. The van der Waals surface area contributed by atoms with E-state index in [1.54, 1.807) is 20.8 Å². The summed E-state index contributed by atoms with van der Waals surface area (Å²) >= 11 is 0. The molecule has 19 heavy (non-hydrogen) atoms. The number of hydrogen-bond acceptors (Lipinski definition) is 2. The molecule has 0 aromatic rings. The predicted octanol–water partition coefficient (Wildman–Crippen LogP) is 0.939. The van der Waals surface area contributed by atoms with Gasteiger partial charge in [0.25, 0.3) is 0 Å². The van der Waals surface area contributed by atoms with E-state index >= 15 is 0 Å². The van der Waals surface area contributed by atoms with Gasteiger partial charge in [0, 0.05) is 0 Å². The van der Waals surface area contributed by atoms with Gasteiger partial charge in [0.2, 0.25) is 0 Å². The van der Waals surface area contributed by atoms with Crippen LogP contribution in [0.15, 0.2) is 0 Å². The van der Waals surface area contributed by atoms with Gasteiger partial charge in [-0.25, -0.2) is 0 Å². The molecule has 0 aliphatic heterocycles. The summed E-state index contributed by atoms with van der Waals surface area (Å²) in [5.74, 6) is 9.77. The van der Waals surface area contributed by atoms with E-state index in [1.165, 1.54) is 0 Å². The average molecular weight is 278 g/mol. The van der Waals surface area contributed by atoms with Crippen molar-refractivity contribution >= 4 is 0 Å². The van der Waals surface area contributed by atoms with Crippen molar-refractivity contribution < 1.29 is 40.1 Å². The van der Waals surface area contributed by atoms with Gasteiger partial charge >= 0.3 is 29.6 Å². The Balaban J connectivity index is -0.0000000199. The maximum Gasteiger partial charge on any atom is 1.00 e. The molecule has 3 heteroatoms. The van der Waals surface area contributed by atoms with Crippen LogP contribution in [0.2, 0.25) is 0 Å². The Bertz CT molecular complexity index is 223. The molecular formula is C16H31NaO2. The summed E-state index contributed by atoms with van der Waals surface area (Å²) in [5.41, 5.74) is -0.931. The molecule has 0 atom stereocenters. The second-order valence-electron chi connectivity index (χ2n) is 2.49. The zero-order chi connectivity index (χ0) is 15.3. The van der Waals surface area contributed by atoms with Gasteiger partial charge in [-0.1, -0.05) is 33.6 Å². The van der Waals surface area contributed by atoms with Crippen LogP contribution in [0.3, 0.4) is 0 Å². The Hall–Kier alpha value is -0.400. The molecule has 0 aliphatic rings. The molecule has 108 valence electrons. The maximum atomic E-state index is 8.59. The summed E-state index contributed by atoms with van der Waals surface area (Å²) < 4.78 is 0. The Morgan fingerprint density at radius 3 is 0.947 bits per heavy atom. The Morgan fingerprint density at radius 2 is 0.947 bits per heavy atom. The van der Waals surface area contributed by atoms with E-state index < -0.39 is 5.60 Å². The zero-order valence-electron chi connectivity index (χ0n) is 14.5. The van der Waals surface area contributed by atoms with E-state index in [1.807, 2.05) is 41.5 Å². The van der Waals surface area contributed by atoms with Crippen LogP contribution >= 0.6 is 0 Å². The molecule has 0 unspecified atom stereocenters. The normalized spacial score (nSPS) is 5.05. The maximum absolute atomic E-state index is 8.59. The molecule has 0 radical (unpaired) electrons. The minimum absolute atomic E-state index is 0. The second-order valence-corrected chi connectivity index (χ2v) is 2.49. The van der Waals surface area contributed by atoms with Gasteiger partial charge in [0.1, 0.15) is 5.60 Å². The number of aliphatic hydroxyl groups is 1. The quantitative estimate of drug-likeness (QED) is 0.529. The van der Waals surface area contributed by atoms with Crippen molar-refractivity contribution in [2.45, 2.75) is 67.9 Å².